The highest BCUT2D eigenvalue weighted by atomic mass is 127. The van der Waals surface area contributed by atoms with Gasteiger partial charge in [0.2, 0.25) is 11.8 Å². The van der Waals surface area contributed by atoms with Crippen LogP contribution in [-0.4, -0.2) is 42.1 Å². The average molecular weight is 374 g/mol. The fourth-order valence-corrected chi connectivity index (χ4v) is 2.10. The number of halogens is 1. The van der Waals surface area contributed by atoms with E-state index in [0.717, 1.165) is 10.1 Å². The lowest BCUT2D eigenvalue weighted by molar-refractivity contribution is 0.252. The summed E-state index contributed by atoms with van der Waals surface area (Å²) in [5.41, 5.74) is 6.36. The zero-order chi connectivity index (χ0) is 13.8. The normalized spacial score (nSPS) is 10.9. The number of rotatable bonds is 5. The first-order chi connectivity index (χ1) is 9.08. The van der Waals surface area contributed by atoms with Crippen molar-refractivity contribution in [2.45, 2.75) is 0 Å². The summed E-state index contributed by atoms with van der Waals surface area (Å²) in [6.07, 6.45) is 1.59. The summed E-state index contributed by atoms with van der Waals surface area (Å²) in [6.45, 7) is 1.34. The van der Waals surface area contributed by atoms with Gasteiger partial charge in [0, 0.05) is 6.54 Å². The number of aromatic nitrogens is 2. The monoisotopic (exact) mass is 374 g/mol. The molecular formula is C12H15IN4O2. The number of nitrogen functional groups attached to an aromatic ring is 1. The molecule has 2 aromatic heterocycles. The van der Waals surface area contributed by atoms with E-state index >= 15 is 0 Å². The van der Waals surface area contributed by atoms with E-state index in [-0.39, 0.29) is 5.95 Å². The van der Waals surface area contributed by atoms with E-state index < -0.39 is 0 Å². The molecule has 0 unspecified atom stereocenters. The van der Waals surface area contributed by atoms with Crippen molar-refractivity contribution in [3.05, 3.63) is 22.0 Å². The Morgan fingerprint density at radius 2 is 2.21 bits per heavy atom. The molecular weight excluding hydrogens is 359 g/mol. The molecule has 0 amide bonds. The molecule has 0 saturated carbocycles. The lowest BCUT2D eigenvalue weighted by Gasteiger charge is -2.12. The number of likely N-dealkylation sites (N-methyl/N-ethyl adjacent to an activating group) is 1. The topological polar surface area (TPSA) is 77.4 Å². The quantitative estimate of drug-likeness (QED) is 0.806. The maximum absolute atomic E-state index is 5.71. The first-order valence-electron chi connectivity index (χ1n) is 5.72. The molecule has 0 saturated heterocycles. The van der Waals surface area contributed by atoms with Crippen LogP contribution in [0.2, 0.25) is 0 Å². The van der Waals surface area contributed by atoms with E-state index in [4.69, 9.17) is 14.9 Å². The van der Waals surface area contributed by atoms with Gasteiger partial charge in [-0.25, -0.2) is 4.98 Å². The van der Waals surface area contributed by atoms with Crippen molar-refractivity contribution < 1.29 is 9.15 Å². The molecule has 19 heavy (non-hydrogen) atoms. The van der Waals surface area contributed by atoms with E-state index in [0.29, 0.717) is 23.9 Å². The zero-order valence-corrected chi connectivity index (χ0v) is 12.9. The highest BCUT2D eigenvalue weighted by Crippen LogP contribution is 2.30. The first kappa shape index (κ1) is 14.1. The molecule has 102 valence electrons. The number of hydrogen-bond donors (Lipinski definition) is 1. The Kier molecular flexibility index (Phi) is 4.59. The van der Waals surface area contributed by atoms with Crippen molar-refractivity contribution in [2.24, 2.45) is 0 Å². The van der Waals surface area contributed by atoms with E-state index in [9.17, 15) is 0 Å². The van der Waals surface area contributed by atoms with Crippen molar-refractivity contribution in [3.63, 3.8) is 0 Å². The maximum atomic E-state index is 5.71. The third kappa shape index (κ3) is 3.57. The van der Waals surface area contributed by atoms with E-state index in [1.165, 1.54) is 0 Å². The average Bonchev–Trinajstić information content (AvgIpc) is 2.86. The van der Waals surface area contributed by atoms with Gasteiger partial charge in [-0.15, -0.1) is 0 Å². The molecule has 2 aromatic rings. The van der Waals surface area contributed by atoms with Crippen molar-refractivity contribution in [3.8, 4) is 17.3 Å². The number of nitrogens with zero attached hydrogens (tertiary/aromatic N) is 3. The molecule has 2 heterocycles. The molecule has 6 nitrogen and oxygen atoms in total. The van der Waals surface area contributed by atoms with Crippen LogP contribution in [-0.2, 0) is 0 Å². The molecule has 0 spiro atoms. The fraction of sp³-hybridized carbons (Fsp3) is 0.333. The van der Waals surface area contributed by atoms with Gasteiger partial charge >= 0.3 is 0 Å². The number of anilines is 1. The molecule has 7 heteroatoms. The van der Waals surface area contributed by atoms with E-state index in [1.54, 1.807) is 12.3 Å². The summed E-state index contributed by atoms with van der Waals surface area (Å²) < 4.78 is 11.8. The second kappa shape index (κ2) is 6.20. The van der Waals surface area contributed by atoms with Crippen LogP contribution in [0.4, 0.5) is 5.95 Å². The third-order valence-electron chi connectivity index (χ3n) is 2.37. The SMILES string of the molecule is CN(C)CCOc1nc(N)nc(-c2ccco2)c1I. The van der Waals surface area contributed by atoms with Gasteiger partial charge in [-0.2, -0.15) is 4.98 Å². The fourth-order valence-electron chi connectivity index (χ4n) is 1.44. The largest absolute Gasteiger partial charge is 0.475 e. The van der Waals surface area contributed by atoms with Gasteiger partial charge in [-0.3, -0.25) is 0 Å². The summed E-state index contributed by atoms with van der Waals surface area (Å²) >= 11 is 2.14. The van der Waals surface area contributed by atoms with Crippen LogP contribution in [0.1, 0.15) is 0 Å². The highest BCUT2D eigenvalue weighted by Gasteiger charge is 2.15. The van der Waals surface area contributed by atoms with Crippen LogP contribution in [0.5, 0.6) is 5.88 Å². The Labute approximate surface area is 125 Å². The van der Waals surface area contributed by atoms with Crippen LogP contribution in [0.25, 0.3) is 11.5 Å². The predicted octanol–water partition coefficient (Wildman–Crippen LogP) is 1.86. The van der Waals surface area contributed by atoms with Crippen LogP contribution < -0.4 is 10.5 Å². The molecule has 0 fully saturated rings. The second-order valence-electron chi connectivity index (χ2n) is 4.18. The Morgan fingerprint density at radius 1 is 1.42 bits per heavy atom. The van der Waals surface area contributed by atoms with Gasteiger partial charge in [0.25, 0.3) is 0 Å². The summed E-state index contributed by atoms with van der Waals surface area (Å²) in [7, 11) is 3.97. The second-order valence-corrected chi connectivity index (χ2v) is 5.26. The number of hydrogen-bond acceptors (Lipinski definition) is 6. The van der Waals surface area contributed by atoms with Gasteiger partial charge in [0.1, 0.15) is 15.9 Å². The Bertz CT molecular complexity index is 543. The van der Waals surface area contributed by atoms with Gasteiger partial charge in [0.05, 0.1) is 6.26 Å². The Hall–Kier alpha value is -1.35. The lowest BCUT2D eigenvalue weighted by Crippen LogP contribution is -2.20. The van der Waals surface area contributed by atoms with Crippen molar-refractivity contribution in [2.75, 3.05) is 33.0 Å². The summed E-state index contributed by atoms with van der Waals surface area (Å²) in [4.78, 5) is 10.3. The third-order valence-corrected chi connectivity index (χ3v) is 3.34. The van der Waals surface area contributed by atoms with E-state index in [1.807, 2.05) is 25.1 Å². The minimum atomic E-state index is 0.173. The standard InChI is InChI=1S/C12H15IN4O2/c1-17(2)5-7-19-11-9(13)10(15-12(14)16-11)8-4-3-6-18-8/h3-4,6H,5,7H2,1-2H3,(H2,14,15,16). The molecule has 0 radical (unpaired) electrons. The zero-order valence-electron chi connectivity index (χ0n) is 10.8. The molecule has 2 N–H and O–H groups in total. The van der Waals surface area contributed by atoms with E-state index in [2.05, 4.69) is 32.6 Å². The summed E-state index contributed by atoms with van der Waals surface area (Å²) in [5.74, 6) is 1.31. The molecule has 0 atom stereocenters. The van der Waals surface area contributed by atoms with Crippen molar-refractivity contribution >= 4 is 28.5 Å². The van der Waals surface area contributed by atoms with Crippen LogP contribution in [0, 0.1) is 3.57 Å². The minimum Gasteiger partial charge on any atom is -0.475 e. The van der Waals surface area contributed by atoms with Gasteiger partial charge in [0.15, 0.2) is 5.76 Å². The van der Waals surface area contributed by atoms with Crippen molar-refractivity contribution in [1.82, 2.24) is 14.9 Å². The first-order valence-corrected chi connectivity index (χ1v) is 6.80. The Morgan fingerprint density at radius 3 is 2.84 bits per heavy atom. The molecule has 0 aliphatic heterocycles. The van der Waals surface area contributed by atoms with Gasteiger partial charge in [-0.05, 0) is 48.8 Å². The molecule has 0 aliphatic carbocycles. The Balaban J connectivity index is 2.24. The minimum absolute atomic E-state index is 0.173. The summed E-state index contributed by atoms with van der Waals surface area (Å²) in [6, 6.07) is 3.63. The van der Waals surface area contributed by atoms with Gasteiger partial charge in [-0.1, -0.05) is 0 Å². The van der Waals surface area contributed by atoms with Crippen LogP contribution in [0.3, 0.4) is 0 Å². The number of furan rings is 1. The molecule has 0 aliphatic rings. The molecule has 0 aromatic carbocycles. The predicted molar refractivity (Wildman–Crippen MR) is 80.9 cm³/mol. The smallest absolute Gasteiger partial charge is 0.232 e. The maximum Gasteiger partial charge on any atom is 0.232 e. The number of nitrogens with two attached hydrogens (primary N) is 1. The summed E-state index contributed by atoms with van der Waals surface area (Å²) in [5, 5.41) is 0. The highest BCUT2D eigenvalue weighted by molar-refractivity contribution is 14.1. The number of ether oxygens (including phenoxy) is 1. The van der Waals surface area contributed by atoms with Crippen LogP contribution in [0.15, 0.2) is 22.8 Å². The van der Waals surface area contributed by atoms with Crippen LogP contribution >= 0.6 is 22.6 Å². The molecule has 2 rings (SSSR count). The lowest BCUT2D eigenvalue weighted by atomic mass is 10.3. The molecule has 0 bridgehead atoms. The van der Waals surface area contributed by atoms with Crippen molar-refractivity contribution in [1.29, 1.82) is 0 Å². The van der Waals surface area contributed by atoms with Gasteiger partial charge < -0.3 is 19.8 Å².